The minimum absolute atomic E-state index is 0.188. The highest BCUT2D eigenvalue weighted by Crippen LogP contribution is 2.04. The number of rotatable bonds is 8. The Morgan fingerprint density at radius 3 is 2.74 bits per heavy atom. The Kier molecular flexibility index (Phi) is 7.33. The highest BCUT2D eigenvalue weighted by molar-refractivity contribution is 7.98. The van der Waals surface area contributed by atoms with Gasteiger partial charge in [0.2, 0.25) is 0 Å². The molecule has 1 amide bonds. The van der Waals surface area contributed by atoms with Gasteiger partial charge in [-0.25, -0.2) is 0 Å². The van der Waals surface area contributed by atoms with Gasteiger partial charge in [0, 0.05) is 24.5 Å². The zero-order valence-electron chi connectivity index (χ0n) is 11.6. The van der Waals surface area contributed by atoms with Crippen LogP contribution >= 0.6 is 11.8 Å². The zero-order valence-corrected chi connectivity index (χ0v) is 12.4. The van der Waals surface area contributed by atoms with Crippen molar-refractivity contribution in [3.8, 4) is 0 Å². The average molecular weight is 282 g/mol. The molecule has 0 saturated carbocycles. The first-order chi connectivity index (χ1) is 9.15. The van der Waals surface area contributed by atoms with E-state index in [1.165, 1.54) is 30.9 Å². The molecule has 0 fully saturated rings. The van der Waals surface area contributed by atoms with Crippen LogP contribution in [-0.4, -0.2) is 29.4 Å². The Morgan fingerprint density at radius 2 is 2.05 bits per heavy atom. The molecule has 0 bridgehead atoms. The summed E-state index contributed by atoms with van der Waals surface area (Å²) >= 11 is 1.86. The number of aryl methyl sites for hydroxylation is 1. The van der Waals surface area contributed by atoms with Crippen LogP contribution in [0.25, 0.3) is 0 Å². The van der Waals surface area contributed by atoms with Crippen LogP contribution < -0.4 is 10.7 Å². The van der Waals surface area contributed by atoms with Gasteiger partial charge in [0.25, 0.3) is 5.91 Å². The SMILES string of the molecule is CSCCCCCCNC(=O)c1c[nH]c(C)cc1=O. The van der Waals surface area contributed by atoms with Gasteiger partial charge in [0.15, 0.2) is 5.43 Å². The van der Waals surface area contributed by atoms with Crippen molar-refractivity contribution in [1.82, 2.24) is 10.3 Å². The third-order valence-corrected chi connectivity index (χ3v) is 3.56. The number of hydrogen-bond acceptors (Lipinski definition) is 3. The van der Waals surface area contributed by atoms with Crippen LogP contribution in [0.4, 0.5) is 0 Å². The number of unbranched alkanes of at least 4 members (excludes halogenated alkanes) is 3. The second kappa shape index (κ2) is 8.80. The van der Waals surface area contributed by atoms with E-state index in [0.717, 1.165) is 18.5 Å². The summed E-state index contributed by atoms with van der Waals surface area (Å²) in [5.41, 5.74) is 0.719. The first-order valence-corrected chi connectivity index (χ1v) is 8.01. The summed E-state index contributed by atoms with van der Waals surface area (Å²) in [5, 5.41) is 2.79. The number of carbonyl (C=O) groups excluding carboxylic acids is 1. The van der Waals surface area contributed by atoms with Crippen LogP contribution in [0.15, 0.2) is 17.1 Å². The molecule has 0 unspecified atom stereocenters. The zero-order chi connectivity index (χ0) is 14.1. The molecule has 106 valence electrons. The molecule has 0 atom stereocenters. The molecular weight excluding hydrogens is 260 g/mol. The first kappa shape index (κ1) is 15.8. The number of H-pyrrole nitrogens is 1. The topological polar surface area (TPSA) is 62.0 Å². The Labute approximate surface area is 118 Å². The van der Waals surface area contributed by atoms with Gasteiger partial charge in [0.1, 0.15) is 5.56 Å². The normalized spacial score (nSPS) is 10.4. The summed E-state index contributed by atoms with van der Waals surface area (Å²) in [6.07, 6.45) is 8.09. The van der Waals surface area contributed by atoms with Crippen LogP contribution in [0.5, 0.6) is 0 Å². The lowest BCUT2D eigenvalue weighted by Gasteiger charge is -2.05. The van der Waals surface area contributed by atoms with Crippen LogP contribution in [-0.2, 0) is 0 Å². The Balaban J connectivity index is 2.26. The van der Waals surface area contributed by atoms with Crippen molar-refractivity contribution < 1.29 is 4.79 Å². The lowest BCUT2D eigenvalue weighted by atomic mass is 10.2. The van der Waals surface area contributed by atoms with Crippen molar-refractivity contribution in [3.63, 3.8) is 0 Å². The summed E-state index contributed by atoms with van der Waals surface area (Å²) in [6.45, 7) is 2.42. The molecule has 5 heteroatoms. The Bertz CT molecular complexity index is 457. The minimum Gasteiger partial charge on any atom is -0.364 e. The smallest absolute Gasteiger partial charge is 0.256 e. The van der Waals surface area contributed by atoms with E-state index >= 15 is 0 Å². The number of aromatic amines is 1. The predicted molar refractivity (Wildman–Crippen MR) is 81.0 cm³/mol. The molecule has 19 heavy (non-hydrogen) atoms. The molecule has 0 spiro atoms. The number of pyridine rings is 1. The number of aromatic nitrogens is 1. The molecule has 1 aromatic rings. The third kappa shape index (κ3) is 5.96. The fraction of sp³-hybridized carbons (Fsp3) is 0.571. The van der Waals surface area contributed by atoms with Crippen molar-refractivity contribution >= 4 is 17.7 Å². The number of hydrogen-bond donors (Lipinski definition) is 2. The highest BCUT2D eigenvalue weighted by atomic mass is 32.2. The lowest BCUT2D eigenvalue weighted by molar-refractivity contribution is 0.0951. The fourth-order valence-electron chi connectivity index (χ4n) is 1.77. The van der Waals surface area contributed by atoms with Crippen molar-refractivity contribution in [1.29, 1.82) is 0 Å². The van der Waals surface area contributed by atoms with Crippen molar-refractivity contribution in [2.45, 2.75) is 32.6 Å². The summed E-state index contributed by atoms with van der Waals surface area (Å²) in [4.78, 5) is 26.3. The van der Waals surface area contributed by atoms with E-state index in [1.54, 1.807) is 6.92 Å². The van der Waals surface area contributed by atoms with E-state index in [1.807, 2.05) is 11.8 Å². The molecule has 0 aliphatic rings. The van der Waals surface area contributed by atoms with Crippen LogP contribution in [0.1, 0.15) is 41.7 Å². The van der Waals surface area contributed by atoms with Gasteiger partial charge in [-0.1, -0.05) is 12.8 Å². The fourth-order valence-corrected chi connectivity index (χ4v) is 2.27. The molecule has 4 nitrogen and oxygen atoms in total. The molecule has 0 radical (unpaired) electrons. The average Bonchev–Trinajstić information content (AvgIpc) is 2.37. The van der Waals surface area contributed by atoms with Gasteiger partial charge < -0.3 is 10.3 Å². The summed E-state index contributed by atoms with van der Waals surface area (Å²) in [5.74, 6) is 0.913. The largest absolute Gasteiger partial charge is 0.364 e. The van der Waals surface area contributed by atoms with Gasteiger partial charge in [-0.05, 0) is 31.8 Å². The Morgan fingerprint density at radius 1 is 1.32 bits per heavy atom. The maximum absolute atomic E-state index is 11.8. The van der Waals surface area contributed by atoms with E-state index in [2.05, 4.69) is 16.6 Å². The number of amides is 1. The van der Waals surface area contributed by atoms with E-state index < -0.39 is 0 Å². The molecule has 1 aromatic heterocycles. The van der Waals surface area contributed by atoms with Crippen LogP contribution in [0, 0.1) is 6.92 Å². The van der Waals surface area contributed by atoms with Crippen molar-refractivity contribution in [3.05, 3.63) is 33.7 Å². The van der Waals surface area contributed by atoms with E-state index in [4.69, 9.17) is 0 Å². The van der Waals surface area contributed by atoms with Gasteiger partial charge in [-0.3, -0.25) is 9.59 Å². The monoisotopic (exact) mass is 282 g/mol. The molecule has 0 aliphatic carbocycles. The molecule has 1 rings (SSSR count). The highest BCUT2D eigenvalue weighted by Gasteiger charge is 2.08. The molecule has 0 aromatic carbocycles. The predicted octanol–water partition coefficient (Wildman–Crippen LogP) is 2.34. The van der Waals surface area contributed by atoms with Gasteiger partial charge >= 0.3 is 0 Å². The maximum Gasteiger partial charge on any atom is 0.256 e. The second-order valence-corrected chi connectivity index (χ2v) is 5.54. The quantitative estimate of drug-likeness (QED) is 0.719. The summed E-state index contributed by atoms with van der Waals surface area (Å²) in [6, 6.07) is 1.44. The van der Waals surface area contributed by atoms with Crippen LogP contribution in [0.3, 0.4) is 0 Å². The summed E-state index contributed by atoms with van der Waals surface area (Å²) < 4.78 is 0. The number of nitrogens with one attached hydrogen (secondary N) is 2. The molecule has 2 N–H and O–H groups in total. The van der Waals surface area contributed by atoms with Crippen molar-refractivity contribution in [2.75, 3.05) is 18.6 Å². The maximum atomic E-state index is 11.8. The molecule has 0 saturated heterocycles. The molecule has 1 heterocycles. The standard InChI is InChI=1S/C14H22N2O2S/c1-11-9-13(17)12(10-16-11)14(18)15-7-5-3-4-6-8-19-2/h9-10H,3-8H2,1-2H3,(H,15,18)(H,16,17). The number of carbonyl (C=O) groups is 1. The molecule has 0 aliphatic heterocycles. The molecular formula is C14H22N2O2S. The second-order valence-electron chi connectivity index (χ2n) is 4.56. The van der Waals surface area contributed by atoms with Crippen LogP contribution in [0.2, 0.25) is 0 Å². The Hall–Kier alpha value is -1.23. The van der Waals surface area contributed by atoms with Gasteiger partial charge in [-0.15, -0.1) is 0 Å². The van der Waals surface area contributed by atoms with E-state index in [9.17, 15) is 9.59 Å². The van der Waals surface area contributed by atoms with Crippen molar-refractivity contribution in [2.24, 2.45) is 0 Å². The van der Waals surface area contributed by atoms with Gasteiger partial charge in [0.05, 0.1) is 0 Å². The summed E-state index contributed by atoms with van der Waals surface area (Å²) in [7, 11) is 0. The van der Waals surface area contributed by atoms with E-state index in [0.29, 0.717) is 6.54 Å². The third-order valence-electron chi connectivity index (χ3n) is 2.86. The van der Waals surface area contributed by atoms with E-state index in [-0.39, 0.29) is 16.9 Å². The van der Waals surface area contributed by atoms with Gasteiger partial charge in [-0.2, -0.15) is 11.8 Å². The minimum atomic E-state index is -0.287. The first-order valence-electron chi connectivity index (χ1n) is 6.61. The number of thioether (sulfide) groups is 1. The lowest BCUT2D eigenvalue weighted by Crippen LogP contribution is -2.29.